The fraction of sp³-hybridized carbons (Fsp3) is 0.100. The van der Waals surface area contributed by atoms with Crippen LogP contribution in [-0.2, 0) is 0 Å². The summed E-state index contributed by atoms with van der Waals surface area (Å²) in [4.78, 5) is 0. The Kier molecular flexibility index (Phi) is 5.33. The van der Waals surface area contributed by atoms with E-state index in [1.165, 1.54) is 44.9 Å². The standard InChI is InChI=1S/C30H26N/c1-23-17-19-28(20-18-23)31-29(25-13-7-3-8-14-25)21-27(24-11-5-2-6-12-24)22-30(31)26-15-9-4-10-16-26/h3-5,7-22H,2,6H2,1H3/q+1. The average molecular weight is 401 g/mol. The van der Waals surface area contributed by atoms with Gasteiger partial charge >= 0.3 is 0 Å². The van der Waals surface area contributed by atoms with Crippen LogP contribution in [0.3, 0.4) is 0 Å². The monoisotopic (exact) mass is 400 g/mol. The minimum absolute atomic E-state index is 1.10. The van der Waals surface area contributed by atoms with E-state index in [0.29, 0.717) is 0 Å². The van der Waals surface area contributed by atoms with Crippen molar-refractivity contribution < 1.29 is 4.57 Å². The van der Waals surface area contributed by atoms with Crippen LogP contribution in [-0.4, -0.2) is 0 Å². The highest BCUT2D eigenvalue weighted by molar-refractivity contribution is 5.79. The average Bonchev–Trinajstić information content (AvgIpc) is 2.85. The van der Waals surface area contributed by atoms with Crippen LogP contribution in [0, 0.1) is 6.92 Å². The van der Waals surface area contributed by atoms with Crippen molar-refractivity contribution in [3.05, 3.63) is 126 Å². The summed E-state index contributed by atoms with van der Waals surface area (Å²) >= 11 is 0. The first-order valence-corrected chi connectivity index (χ1v) is 10.9. The molecule has 0 bridgehead atoms. The van der Waals surface area contributed by atoms with Crippen LogP contribution in [0.25, 0.3) is 33.8 Å². The van der Waals surface area contributed by atoms with E-state index >= 15 is 0 Å². The Morgan fingerprint density at radius 1 is 0.613 bits per heavy atom. The van der Waals surface area contributed by atoms with Crippen molar-refractivity contribution in [2.24, 2.45) is 0 Å². The Hall–Kier alpha value is -3.71. The highest BCUT2D eigenvalue weighted by Crippen LogP contribution is 2.30. The van der Waals surface area contributed by atoms with Gasteiger partial charge in [-0.25, -0.2) is 0 Å². The zero-order valence-corrected chi connectivity index (χ0v) is 17.8. The lowest BCUT2D eigenvalue weighted by Gasteiger charge is -2.14. The molecule has 0 fully saturated rings. The van der Waals surface area contributed by atoms with Gasteiger partial charge in [0, 0.05) is 35.4 Å². The minimum atomic E-state index is 1.10. The van der Waals surface area contributed by atoms with Crippen molar-refractivity contribution in [3.8, 4) is 28.2 Å². The van der Waals surface area contributed by atoms with Crippen LogP contribution in [0.2, 0.25) is 0 Å². The van der Waals surface area contributed by atoms with Gasteiger partial charge in [-0.1, -0.05) is 72.3 Å². The molecule has 1 aliphatic carbocycles. The van der Waals surface area contributed by atoms with Crippen LogP contribution in [0.4, 0.5) is 0 Å². The number of aromatic nitrogens is 1. The number of nitrogens with zero attached hydrogens (tertiary/aromatic N) is 1. The number of hydrogen-bond acceptors (Lipinski definition) is 0. The van der Waals surface area contributed by atoms with E-state index in [9.17, 15) is 0 Å². The van der Waals surface area contributed by atoms with Crippen molar-refractivity contribution in [2.45, 2.75) is 19.8 Å². The second kappa shape index (κ2) is 8.57. The lowest BCUT2D eigenvalue weighted by molar-refractivity contribution is -0.572. The van der Waals surface area contributed by atoms with Crippen LogP contribution in [0.1, 0.15) is 24.0 Å². The number of allylic oxidation sites excluding steroid dienone is 4. The maximum Gasteiger partial charge on any atom is 0.219 e. The third-order valence-corrected chi connectivity index (χ3v) is 5.83. The van der Waals surface area contributed by atoms with E-state index in [4.69, 9.17) is 0 Å². The summed E-state index contributed by atoms with van der Waals surface area (Å²) in [5.74, 6) is 0. The van der Waals surface area contributed by atoms with Gasteiger partial charge in [0.2, 0.25) is 17.1 Å². The molecule has 31 heavy (non-hydrogen) atoms. The minimum Gasteiger partial charge on any atom is -0.153 e. The molecule has 1 nitrogen and oxygen atoms in total. The third kappa shape index (κ3) is 4.00. The fourth-order valence-corrected chi connectivity index (χ4v) is 4.20. The van der Waals surface area contributed by atoms with Gasteiger partial charge in [-0.3, -0.25) is 0 Å². The zero-order chi connectivity index (χ0) is 21.0. The number of pyridine rings is 1. The molecular weight excluding hydrogens is 374 g/mol. The van der Waals surface area contributed by atoms with Crippen LogP contribution < -0.4 is 4.57 Å². The molecule has 0 spiro atoms. The molecule has 0 aliphatic heterocycles. The van der Waals surface area contributed by atoms with Gasteiger partial charge in [0.25, 0.3) is 0 Å². The molecule has 1 heteroatoms. The highest BCUT2D eigenvalue weighted by atomic mass is 15.0. The van der Waals surface area contributed by atoms with Crippen molar-refractivity contribution in [1.82, 2.24) is 0 Å². The fourth-order valence-electron chi connectivity index (χ4n) is 4.20. The molecule has 0 unspecified atom stereocenters. The van der Waals surface area contributed by atoms with Crippen molar-refractivity contribution in [1.29, 1.82) is 0 Å². The number of hydrogen-bond donors (Lipinski definition) is 0. The first kappa shape index (κ1) is 19.3. The molecular formula is C30H26N+. The van der Waals surface area contributed by atoms with Gasteiger partial charge in [-0.05, 0) is 55.2 Å². The van der Waals surface area contributed by atoms with E-state index in [0.717, 1.165) is 12.8 Å². The lowest BCUT2D eigenvalue weighted by Crippen LogP contribution is -2.36. The van der Waals surface area contributed by atoms with Gasteiger partial charge in [0.15, 0.2) is 0 Å². The molecule has 4 aromatic rings. The summed E-state index contributed by atoms with van der Waals surface area (Å²) in [6.45, 7) is 2.13. The zero-order valence-electron chi connectivity index (χ0n) is 17.8. The Morgan fingerprint density at radius 3 is 1.71 bits per heavy atom. The Labute approximate surface area is 184 Å². The molecule has 0 amide bonds. The largest absolute Gasteiger partial charge is 0.219 e. The molecule has 0 N–H and O–H groups in total. The Balaban J connectivity index is 1.85. The molecule has 0 saturated carbocycles. The molecule has 150 valence electrons. The smallest absolute Gasteiger partial charge is 0.153 e. The van der Waals surface area contributed by atoms with E-state index in [2.05, 4.69) is 127 Å². The van der Waals surface area contributed by atoms with Crippen LogP contribution in [0.15, 0.2) is 115 Å². The summed E-state index contributed by atoms with van der Waals surface area (Å²) in [6, 6.07) is 34.9. The van der Waals surface area contributed by atoms with E-state index in [1.807, 2.05) is 0 Å². The van der Waals surface area contributed by atoms with E-state index in [1.54, 1.807) is 0 Å². The number of benzene rings is 3. The predicted molar refractivity (Wildman–Crippen MR) is 130 cm³/mol. The van der Waals surface area contributed by atoms with Crippen LogP contribution in [0.5, 0.6) is 0 Å². The summed E-state index contributed by atoms with van der Waals surface area (Å²) in [5.41, 5.74) is 9.81. The van der Waals surface area contributed by atoms with Gasteiger partial charge in [-0.15, -0.1) is 0 Å². The molecule has 0 atom stereocenters. The highest BCUT2D eigenvalue weighted by Gasteiger charge is 2.25. The van der Waals surface area contributed by atoms with Gasteiger partial charge in [0.05, 0.1) is 0 Å². The van der Waals surface area contributed by atoms with Gasteiger partial charge in [0.1, 0.15) is 0 Å². The normalized spacial score (nSPS) is 13.1. The first-order valence-electron chi connectivity index (χ1n) is 10.9. The molecule has 0 saturated heterocycles. The Morgan fingerprint density at radius 2 is 1.19 bits per heavy atom. The van der Waals surface area contributed by atoms with Gasteiger partial charge in [-0.2, -0.15) is 4.57 Å². The topological polar surface area (TPSA) is 3.88 Å². The second-order valence-electron chi connectivity index (χ2n) is 8.06. The molecule has 0 radical (unpaired) electrons. The van der Waals surface area contributed by atoms with Crippen molar-refractivity contribution in [3.63, 3.8) is 0 Å². The van der Waals surface area contributed by atoms with Crippen molar-refractivity contribution in [2.75, 3.05) is 0 Å². The lowest BCUT2D eigenvalue weighted by atomic mass is 9.95. The molecule has 5 rings (SSSR count). The summed E-state index contributed by atoms with van der Waals surface area (Å²) in [7, 11) is 0. The summed E-state index contributed by atoms with van der Waals surface area (Å²) in [5, 5.41) is 0. The Bertz CT molecular complexity index is 1190. The molecule has 3 aromatic carbocycles. The molecule has 1 heterocycles. The van der Waals surface area contributed by atoms with Crippen molar-refractivity contribution >= 4 is 5.57 Å². The summed E-state index contributed by atoms with van der Waals surface area (Å²) < 4.78 is 2.39. The van der Waals surface area contributed by atoms with Crippen LogP contribution >= 0.6 is 0 Å². The van der Waals surface area contributed by atoms with E-state index < -0.39 is 0 Å². The first-order chi connectivity index (χ1) is 15.3. The second-order valence-corrected chi connectivity index (χ2v) is 8.06. The summed E-state index contributed by atoms with van der Waals surface area (Å²) in [6.07, 6.45) is 9.12. The molecule has 1 aliphatic rings. The van der Waals surface area contributed by atoms with E-state index in [-0.39, 0.29) is 0 Å². The molecule has 1 aromatic heterocycles. The number of aryl methyl sites for hydroxylation is 1. The maximum atomic E-state index is 2.39. The third-order valence-electron chi connectivity index (χ3n) is 5.83. The number of rotatable bonds is 4. The van der Waals surface area contributed by atoms with Gasteiger partial charge < -0.3 is 0 Å². The maximum absolute atomic E-state index is 2.39. The quantitative estimate of drug-likeness (QED) is 0.316. The SMILES string of the molecule is Cc1ccc(-[n+]2c(-c3ccccc3)cc(C3=CCCC=C3)cc2-c2ccccc2)cc1. The predicted octanol–water partition coefficient (Wildman–Crippen LogP) is 7.34.